The highest BCUT2D eigenvalue weighted by Gasteiger charge is 2.59. The molecule has 37 heavy (non-hydrogen) atoms. The molecular formula is C29H30N6O2. The van der Waals surface area contributed by atoms with E-state index in [-0.39, 0.29) is 17.4 Å². The number of rotatable bonds is 6. The molecule has 1 aliphatic heterocycles. The third-order valence-electron chi connectivity index (χ3n) is 8.95. The summed E-state index contributed by atoms with van der Waals surface area (Å²) in [5.41, 5.74) is 11.1. The summed E-state index contributed by atoms with van der Waals surface area (Å²) in [4.78, 5) is 20.5. The van der Waals surface area contributed by atoms with Crippen molar-refractivity contribution < 1.29 is 9.53 Å². The zero-order valence-electron chi connectivity index (χ0n) is 21.2. The number of hydrogen-bond donors (Lipinski definition) is 1. The molecule has 2 N–H and O–H groups in total. The number of nitrogens with two attached hydrogens (primary N) is 1. The number of imidazole rings is 1. The Bertz CT molecular complexity index is 1630. The molecule has 2 saturated carbocycles. The molecule has 7 rings (SSSR count). The molecule has 4 aromatic rings. The van der Waals surface area contributed by atoms with Crippen LogP contribution in [-0.2, 0) is 13.6 Å². The van der Waals surface area contributed by atoms with E-state index < -0.39 is 0 Å². The van der Waals surface area contributed by atoms with Crippen LogP contribution in [0.25, 0.3) is 33.5 Å². The van der Waals surface area contributed by atoms with E-state index >= 15 is 0 Å². The molecule has 8 nitrogen and oxygen atoms in total. The number of hydrogen-bond acceptors (Lipinski definition) is 5. The summed E-state index contributed by atoms with van der Waals surface area (Å²) in [5.74, 6) is 2.14. The third kappa shape index (κ3) is 3.17. The van der Waals surface area contributed by atoms with E-state index in [0.717, 1.165) is 59.4 Å². The van der Waals surface area contributed by atoms with Gasteiger partial charge in [0, 0.05) is 54.6 Å². The van der Waals surface area contributed by atoms with Crippen molar-refractivity contribution in [2.75, 3.05) is 20.2 Å². The summed E-state index contributed by atoms with van der Waals surface area (Å²) in [6.07, 6.45) is 4.60. The van der Waals surface area contributed by atoms with Crippen LogP contribution < -0.4 is 10.5 Å². The highest BCUT2D eigenvalue weighted by atomic mass is 16.5. The minimum absolute atomic E-state index is 0.0213. The van der Waals surface area contributed by atoms with Crippen molar-refractivity contribution in [2.24, 2.45) is 24.1 Å². The van der Waals surface area contributed by atoms with E-state index in [1.54, 1.807) is 7.11 Å². The zero-order chi connectivity index (χ0) is 25.5. The van der Waals surface area contributed by atoms with Crippen LogP contribution in [0.15, 0.2) is 36.4 Å². The summed E-state index contributed by atoms with van der Waals surface area (Å²) in [7, 11) is 3.63. The van der Waals surface area contributed by atoms with E-state index in [0.29, 0.717) is 29.3 Å². The minimum Gasteiger partial charge on any atom is -0.494 e. The van der Waals surface area contributed by atoms with E-state index in [1.165, 1.54) is 12.8 Å². The van der Waals surface area contributed by atoms with Gasteiger partial charge in [0.2, 0.25) is 0 Å². The molecule has 0 bridgehead atoms. The fraction of sp³-hybridized carbons (Fsp3) is 0.414. The Labute approximate surface area is 215 Å². The van der Waals surface area contributed by atoms with Gasteiger partial charge in [0.05, 0.1) is 30.0 Å². The third-order valence-corrected chi connectivity index (χ3v) is 8.95. The molecule has 1 amide bonds. The van der Waals surface area contributed by atoms with Crippen molar-refractivity contribution in [1.29, 1.82) is 5.26 Å². The van der Waals surface area contributed by atoms with Gasteiger partial charge in [-0.15, -0.1) is 0 Å². The van der Waals surface area contributed by atoms with Crippen LogP contribution in [0.5, 0.6) is 5.75 Å². The average Bonchev–Trinajstić information content (AvgIpc) is 3.58. The summed E-state index contributed by atoms with van der Waals surface area (Å²) in [6.45, 7) is 2.29. The SMILES string of the molecule is COc1cc(C(=O)N2C[C@@]3(CN)CCC23)cc2nc(-c3cc4cc(C#N)ccc4n3CC3CC3)n(C)c12. The summed E-state index contributed by atoms with van der Waals surface area (Å²) < 4.78 is 10.2. The predicted molar refractivity (Wildman–Crippen MR) is 141 cm³/mol. The molecule has 0 radical (unpaired) electrons. The highest BCUT2D eigenvalue weighted by Crippen LogP contribution is 2.53. The second-order valence-corrected chi connectivity index (χ2v) is 11.1. The summed E-state index contributed by atoms with van der Waals surface area (Å²) >= 11 is 0. The number of aryl methyl sites for hydroxylation is 1. The van der Waals surface area contributed by atoms with Crippen LogP contribution in [-0.4, -0.2) is 51.2 Å². The van der Waals surface area contributed by atoms with Gasteiger partial charge >= 0.3 is 0 Å². The van der Waals surface area contributed by atoms with Crippen molar-refractivity contribution in [1.82, 2.24) is 19.0 Å². The number of nitriles is 1. The Hall–Kier alpha value is -3.83. The first-order chi connectivity index (χ1) is 18.0. The van der Waals surface area contributed by atoms with Crippen LogP contribution >= 0.6 is 0 Å². The molecule has 2 atom stereocenters. The maximum absolute atomic E-state index is 13.5. The molecule has 3 aliphatic rings. The number of carbonyl (C=O) groups is 1. The summed E-state index contributed by atoms with van der Waals surface area (Å²) in [6, 6.07) is 14.2. The van der Waals surface area contributed by atoms with Gasteiger partial charge in [-0.25, -0.2) is 4.98 Å². The number of ether oxygens (including phenoxy) is 1. The van der Waals surface area contributed by atoms with Gasteiger partial charge in [0.15, 0.2) is 5.82 Å². The first kappa shape index (κ1) is 22.4. The summed E-state index contributed by atoms with van der Waals surface area (Å²) in [5, 5.41) is 10.4. The topological polar surface area (TPSA) is 102 Å². The Balaban J connectivity index is 1.34. The fourth-order valence-corrected chi connectivity index (χ4v) is 6.47. The van der Waals surface area contributed by atoms with Crippen LogP contribution in [0.2, 0.25) is 0 Å². The van der Waals surface area contributed by atoms with Crippen molar-refractivity contribution in [3.05, 3.63) is 47.5 Å². The molecule has 1 saturated heterocycles. The van der Waals surface area contributed by atoms with Crippen LogP contribution in [0.4, 0.5) is 0 Å². The maximum Gasteiger partial charge on any atom is 0.254 e. The Kier molecular flexibility index (Phi) is 4.74. The lowest BCUT2D eigenvalue weighted by atomic mass is 9.57. The van der Waals surface area contributed by atoms with E-state index in [1.807, 2.05) is 42.3 Å². The van der Waals surface area contributed by atoms with Gasteiger partial charge in [0.25, 0.3) is 5.91 Å². The Morgan fingerprint density at radius 2 is 2.08 bits per heavy atom. The molecule has 188 valence electrons. The standard InChI is InChI=1S/C29H30N6O2/c1-33-26-21(10-20(12-24(26)37-2)28(36)35-16-29(15-31)8-7-25(29)35)32-27(33)23-11-19-9-18(13-30)5-6-22(19)34(23)14-17-3-4-17/h5-6,9-12,17,25H,3-4,7-8,14-16,31H2,1-2H3/t25?,29-/m0/s1. The van der Waals surface area contributed by atoms with Crippen LogP contribution in [0.1, 0.15) is 41.6 Å². The van der Waals surface area contributed by atoms with Gasteiger partial charge in [-0.2, -0.15) is 5.26 Å². The van der Waals surface area contributed by atoms with Gasteiger partial charge in [0.1, 0.15) is 11.3 Å². The number of fused-ring (bicyclic) bond motifs is 3. The molecule has 8 heteroatoms. The van der Waals surface area contributed by atoms with Crippen molar-refractivity contribution in [3.63, 3.8) is 0 Å². The van der Waals surface area contributed by atoms with Crippen molar-refractivity contribution >= 4 is 27.8 Å². The van der Waals surface area contributed by atoms with Crippen molar-refractivity contribution in [3.8, 4) is 23.3 Å². The van der Waals surface area contributed by atoms with Gasteiger partial charge in [-0.05, 0) is 68.0 Å². The lowest BCUT2D eigenvalue weighted by molar-refractivity contribution is -0.117. The first-order valence-electron chi connectivity index (χ1n) is 13.1. The molecule has 2 aromatic heterocycles. The van der Waals surface area contributed by atoms with Crippen molar-refractivity contribution in [2.45, 2.75) is 38.3 Å². The normalized spacial score (nSPS) is 22.4. The molecule has 3 fully saturated rings. The minimum atomic E-state index is 0.0213. The Morgan fingerprint density at radius 3 is 2.73 bits per heavy atom. The Morgan fingerprint density at radius 1 is 1.24 bits per heavy atom. The molecule has 0 spiro atoms. The number of benzene rings is 2. The number of aromatic nitrogens is 3. The largest absolute Gasteiger partial charge is 0.494 e. The smallest absolute Gasteiger partial charge is 0.254 e. The molecule has 3 heterocycles. The second-order valence-electron chi connectivity index (χ2n) is 11.1. The number of nitrogens with zero attached hydrogens (tertiary/aromatic N) is 5. The number of piperidine rings is 1. The molecule has 1 unspecified atom stereocenters. The molecule has 2 aliphatic carbocycles. The maximum atomic E-state index is 13.5. The zero-order valence-corrected chi connectivity index (χ0v) is 21.2. The quantitative estimate of drug-likeness (QED) is 0.436. The molecule has 2 aromatic carbocycles. The molecular weight excluding hydrogens is 464 g/mol. The fourth-order valence-electron chi connectivity index (χ4n) is 6.47. The van der Waals surface area contributed by atoms with E-state index in [2.05, 4.69) is 21.3 Å². The predicted octanol–water partition coefficient (Wildman–Crippen LogP) is 4.05. The van der Waals surface area contributed by atoms with E-state index in [9.17, 15) is 10.1 Å². The van der Waals surface area contributed by atoms with E-state index in [4.69, 9.17) is 15.5 Å². The highest BCUT2D eigenvalue weighted by molar-refractivity contribution is 6.01. The average molecular weight is 495 g/mol. The number of amides is 1. The number of likely N-dealkylation sites (tertiary alicyclic amines) is 1. The van der Waals surface area contributed by atoms with Gasteiger partial charge in [-0.1, -0.05) is 0 Å². The monoisotopic (exact) mass is 494 g/mol. The number of methoxy groups -OCH3 is 1. The van der Waals surface area contributed by atoms with Crippen LogP contribution in [0.3, 0.4) is 0 Å². The van der Waals surface area contributed by atoms with Gasteiger partial charge < -0.3 is 24.5 Å². The van der Waals surface area contributed by atoms with Gasteiger partial charge in [-0.3, -0.25) is 4.79 Å². The lowest BCUT2D eigenvalue weighted by Gasteiger charge is -2.64. The number of carbonyl (C=O) groups excluding carboxylic acids is 1. The lowest BCUT2D eigenvalue weighted by Crippen LogP contribution is -2.74. The first-order valence-corrected chi connectivity index (χ1v) is 13.1. The van der Waals surface area contributed by atoms with Crippen LogP contribution in [0, 0.1) is 22.7 Å². The second kappa shape index (κ2) is 7.83.